The lowest BCUT2D eigenvalue weighted by atomic mass is 10.1. The number of carbonyl (C=O) groups is 1. The number of hydrogen-bond donors (Lipinski definition) is 2. The van der Waals surface area contributed by atoms with Crippen molar-refractivity contribution < 1.29 is 9.18 Å². The van der Waals surface area contributed by atoms with Gasteiger partial charge >= 0.3 is 0 Å². The van der Waals surface area contributed by atoms with E-state index >= 15 is 0 Å². The van der Waals surface area contributed by atoms with Gasteiger partial charge in [-0.3, -0.25) is 4.79 Å². The Morgan fingerprint density at radius 1 is 1.58 bits per heavy atom. The SMILES string of the molecule is CC(Cc1ccc(Br)cc1F)NC(=O)c1cn[nH]n1. The number of hydrogen-bond acceptors (Lipinski definition) is 3. The molecule has 0 saturated carbocycles. The van der Waals surface area contributed by atoms with Gasteiger partial charge in [-0.05, 0) is 31.0 Å². The van der Waals surface area contributed by atoms with Crippen molar-refractivity contribution in [3.8, 4) is 0 Å². The fourth-order valence-corrected chi connectivity index (χ4v) is 2.01. The van der Waals surface area contributed by atoms with Crippen molar-refractivity contribution in [2.75, 3.05) is 0 Å². The van der Waals surface area contributed by atoms with Crippen LogP contribution in [-0.2, 0) is 6.42 Å². The Labute approximate surface area is 117 Å². The molecule has 5 nitrogen and oxygen atoms in total. The number of halogens is 2. The lowest BCUT2D eigenvalue weighted by Gasteiger charge is -2.13. The number of aromatic nitrogens is 3. The maximum atomic E-state index is 13.7. The molecule has 1 heterocycles. The average Bonchev–Trinajstić information content (AvgIpc) is 2.86. The summed E-state index contributed by atoms with van der Waals surface area (Å²) in [6, 6.07) is 4.66. The van der Waals surface area contributed by atoms with Crippen LogP contribution in [0.5, 0.6) is 0 Å². The molecule has 1 amide bonds. The van der Waals surface area contributed by atoms with Crippen LogP contribution in [0.1, 0.15) is 23.0 Å². The van der Waals surface area contributed by atoms with E-state index in [1.165, 1.54) is 12.3 Å². The van der Waals surface area contributed by atoms with E-state index in [4.69, 9.17) is 0 Å². The third-order valence-corrected chi connectivity index (χ3v) is 3.06. The van der Waals surface area contributed by atoms with Crippen LogP contribution in [0.25, 0.3) is 0 Å². The number of amides is 1. The Bertz CT molecular complexity index is 573. The smallest absolute Gasteiger partial charge is 0.273 e. The molecule has 0 saturated heterocycles. The van der Waals surface area contributed by atoms with Gasteiger partial charge in [0.05, 0.1) is 6.20 Å². The zero-order valence-electron chi connectivity index (χ0n) is 10.2. The van der Waals surface area contributed by atoms with Crippen LogP contribution >= 0.6 is 15.9 Å². The van der Waals surface area contributed by atoms with Crippen LogP contribution in [0.4, 0.5) is 4.39 Å². The molecular formula is C12H12BrFN4O. The third-order valence-electron chi connectivity index (χ3n) is 2.57. The average molecular weight is 327 g/mol. The second-order valence-electron chi connectivity index (χ2n) is 4.17. The van der Waals surface area contributed by atoms with E-state index in [2.05, 4.69) is 36.7 Å². The first kappa shape index (κ1) is 13.7. The van der Waals surface area contributed by atoms with Crippen LogP contribution < -0.4 is 5.32 Å². The van der Waals surface area contributed by atoms with Crippen molar-refractivity contribution in [3.05, 3.63) is 45.9 Å². The number of aromatic amines is 1. The molecule has 2 aromatic rings. The maximum Gasteiger partial charge on any atom is 0.273 e. The Hall–Kier alpha value is -1.76. The second kappa shape index (κ2) is 5.92. The van der Waals surface area contributed by atoms with E-state index in [-0.39, 0.29) is 23.5 Å². The summed E-state index contributed by atoms with van der Waals surface area (Å²) in [7, 11) is 0. The first-order valence-electron chi connectivity index (χ1n) is 5.67. The second-order valence-corrected chi connectivity index (χ2v) is 5.09. The standard InChI is InChI=1S/C12H12BrFN4O/c1-7(16-12(19)11-6-15-18-17-11)4-8-2-3-9(13)5-10(8)14/h2-3,5-7H,4H2,1H3,(H,16,19)(H,15,17,18). The predicted molar refractivity (Wildman–Crippen MR) is 71.1 cm³/mol. The largest absolute Gasteiger partial charge is 0.348 e. The molecule has 7 heteroatoms. The molecule has 19 heavy (non-hydrogen) atoms. The Morgan fingerprint density at radius 2 is 2.37 bits per heavy atom. The number of rotatable bonds is 4. The number of nitrogens with zero attached hydrogens (tertiary/aromatic N) is 2. The summed E-state index contributed by atoms with van der Waals surface area (Å²) < 4.78 is 14.3. The van der Waals surface area contributed by atoms with E-state index < -0.39 is 0 Å². The zero-order chi connectivity index (χ0) is 13.8. The number of nitrogens with one attached hydrogen (secondary N) is 2. The summed E-state index contributed by atoms with van der Waals surface area (Å²) in [5.41, 5.74) is 0.763. The highest BCUT2D eigenvalue weighted by atomic mass is 79.9. The normalized spacial score (nSPS) is 12.2. The molecule has 0 fully saturated rings. The van der Waals surface area contributed by atoms with Gasteiger partial charge < -0.3 is 5.32 Å². The fraction of sp³-hybridized carbons (Fsp3) is 0.250. The Balaban J connectivity index is 1.97. The maximum absolute atomic E-state index is 13.7. The van der Waals surface area contributed by atoms with Gasteiger partial charge in [0, 0.05) is 10.5 Å². The number of benzene rings is 1. The van der Waals surface area contributed by atoms with Crippen LogP contribution in [0.2, 0.25) is 0 Å². The predicted octanol–water partition coefficient (Wildman–Crippen LogP) is 2.07. The lowest BCUT2D eigenvalue weighted by molar-refractivity contribution is 0.0935. The van der Waals surface area contributed by atoms with Gasteiger partial charge in [-0.2, -0.15) is 15.4 Å². The molecule has 1 aromatic heterocycles. The van der Waals surface area contributed by atoms with Gasteiger partial charge in [-0.25, -0.2) is 4.39 Å². The molecule has 1 atom stereocenters. The van der Waals surface area contributed by atoms with Gasteiger partial charge in [0.1, 0.15) is 5.82 Å². The summed E-state index contributed by atoms with van der Waals surface area (Å²) in [6.07, 6.45) is 1.74. The van der Waals surface area contributed by atoms with E-state index in [0.29, 0.717) is 16.5 Å². The highest BCUT2D eigenvalue weighted by molar-refractivity contribution is 9.10. The van der Waals surface area contributed by atoms with Crippen LogP contribution in [0, 0.1) is 5.82 Å². The van der Waals surface area contributed by atoms with Gasteiger partial charge in [0.15, 0.2) is 5.69 Å². The minimum absolute atomic E-state index is 0.208. The summed E-state index contributed by atoms with van der Waals surface area (Å²) in [6.45, 7) is 1.81. The highest BCUT2D eigenvalue weighted by Crippen LogP contribution is 2.16. The van der Waals surface area contributed by atoms with Gasteiger partial charge in [0.2, 0.25) is 0 Å². The molecule has 0 bridgehead atoms. The number of H-pyrrole nitrogens is 1. The molecule has 0 spiro atoms. The van der Waals surface area contributed by atoms with E-state index in [0.717, 1.165) is 0 Å². The summed E-state index contributed by atoms with van der Waals surface area (Å²) in [4.78, 5) is 11.7. The Morgan fingerprint density at radius 3 is 3.00 bits per heavy atom. The quantitative estimate of drug-likeness (QED) is 0.903. The molecule has 1 aromatic carbocycles. The molecular weight excluding hydrogens is 315 g/mol. The van der Waals surface area contributed by atoms with E-state index in [1.54, 1.807) is 19.1 Å². The fourth-order valence-electron chi connectivity index (χ4n) is 1.68. The topological polar surface area (TPSA) is 70.7 Å². The first-order valence-corrected chi connectivity index (χ1v) is 6.46. The lowest BCUT2D eigenvalue weighted by Crippen LogP contribution is -2.34. The number of carbonyl (C=O) groups excluding carboxylic acids is 1. The third kappa shape index (κ3) is 3.60. The minimum atomic E-state index is -0.334. The summed E-state index contributed by atoms with van der Waals surface area (Å²) in [5, 5.41) is 12.3. The van der Waals surface area contributed by atoms with E-state index in [9.17, 15) is 9.18 Å². The molecule has 2 rings (SSSR count). The van der Waals surface area contributed by atoms with Crippen LogP contribution in [-0.4, -0.2) is 27.4 Å². The van der Waals surface area contributed by atoms with Crippen molar-refractivity contribution in [3.63, 3.8) is 0 Å². The molecule has 0 radical (unpaired) electrons. The zero-order valence-corrected chi connectivity index (χ0v) is 11.7. The van der Waals surface area contributed by atoms with Crippen LogP contribution in [0.15, 0.2) is 28.9 Å². The van der Waals surface area contributed by atoms with Crippen molar-refractivity contribution >= 4 is 21.8 Å². The molecule has 0 aliphatic carbocycles. The summed E-state index contributed by atoms with van der Waals surface area (Å²) >= 11 is 3.20. The van der Waals surface area contributed by atoms with Crippen molar-refractivity contribution in [1.82, 2.24) is 20.7 Å². The molecule has 100 valence electrons. The van der Waals surface area contributed by atoms with Gasteiger partial charge in [-0.15, -0.1) is 0 Å². The van der Waals surface area contributed by atoms with Gasteiger partial charge in [-0.1, -0.05) is 22.0 Å². The van der Waals surface area contributed by atoms with E-state index in [1.807, 2.05) is 0 Å². The van der Waals surface area contributed by atoms with Crippen LogP contribution in [0.3, 0.4) is 0 Å². The van der Waals surface area contributed by atoms with Crippen molar-refractivity contribution in [2.45, 2.75) is 19.4 Å². The first-order chi connectivity index (χ1) is 9.06. The van der Waals surface area contributed by atoms with Gasteiger partial charge in [0.25, 0.3) is 5.91 Å². The molecule has 2 N–H and O–H groups in total. The minimum Gasteiger partial charge on any atom is -0.348 e. The molecule has 0 aliphatic rings. The molecule has 0 aliphatic heterocycles. The molecule has 1 unspecified atom stereocenters. The summed E-state index contributed by atoms with van der Waals surface area (Å²) in [5.74, 6) is -0.629. The van der Waals surface area contributed by atoms with Crippen molar-refractivity contribution in [2.24, 2.45) is 0 Å². The van der Waals surface area contributed by atoms with Crippen molar-refractivity contribution in [1.29, 1.82) is 0 Å². The highest BCUT2D eigenvalue weighted by Gasteiger charge is 2.14. The Kier molecular flexibility index (Phi) is 4.26. The monoisotopic (exact) mass is 326 g/mol.